The monoisotopic (exact) mass is 291 g/mol. The third-order valence-corrected chi connectivity index (χ3v) is 5.03. The lowest BCUT2D eigenvalue weighted by molar-refractivity contribution is 0.0391. The van der Waals surface area contributed by atoms with Crippen molar-refractivity contribution in [1.82, 2.24) is 15.2 Å². The van der Waals surface area contributed by atoms with Gasteiger partial charge in [0.15, 0.2) is 0 Å². The third kappa shape index (κ3) is 3.22. The van der Waals surface area contributed by atoms with E-state index in [2.05, 4.69) is 49.3 Å². The topological polar surface area (TPSA) is 37.4 Å². The first kappa shape index (κ1) is 16.2. The zero-order chi connectivity index (χ0) is 15.5. The molecular weight excluding hydrogens is 262 g/mol. The fourth-order valence-electron chi connectivity index (χ4n) is 3.94. The van der Waals surface area contributed by atoms with Crippen LogP contribution in [0.1, 0.15) is 44.2 Å². The SMILES string of the molecule is CNC(c1cncc(OC)c1)C1(N(C)C)CCCC(C)C1. The summed E-state index contributed by atoms with van der Waals surface area (Å²) < 4.78 is 5.35. The Morgan fingerprint density at radius 1 is 1.43 bits per heavy atom. The van der Waals surface area contributed by atoms with Gasteiger partial charge in [-0.15, -0.1) is 0 Å². The molecule has 21 heavy (non-hydrogen) atoms. The Morgan fingerprint density at radius 2 is 2.19 bits per heavy atom. The Morgan fingerprint density at radius 3 is 2.76 bits per heavy atom. The summed E-state index contributed by atoms with van der Waals surface area (Å²) >= 11 is 0. The van der Waals surface area contributed by atoms with Gasteiger partial charge in [0.2, 0.25) is 0 Å². The summed E-state index contributed by atoms with van der Waals surface area (Å²) in [6.07, 6.45) is 8.78. The van der Waals surface area contributed by atoms with Crippen molar-refractivity contribution in [3.8, 4) is 5.75 Å². The van der Waals surface area contributed by atoms with Crippen molar-refractivity contribution >= 4 is 0 Å². The Bertz CT molecular complexity index is 463. The molecule has 3 atom stereocenters. The smallest absolute Gasteiger partial charge is 0.137 e. The van der Waals surface area contributed by atoms with Crippen molar-refractivity contribution in [1.29, 1.82) is 0 Å². The molecule has 1 aromatic heterocycles. The van der Waals surface area contributed by atoms with E-state index in [0.29, 0.717) is 0 Å². The van der Waals surface area contributed by atoms with E-state index in [1.807, 2.05) is 6.20 Å². The summed E-state index contributed by atoms with van der Waals surface area (Å²) in [5.74, 6) is 1.58. The van der Waals surface area contributed by atoms with Crippen molar-refractivity contribution in [2.75, 3.05) is 28.3 Å². The van der Waals surface area contributed by atoms with Crippen LogP contribution in [0.25, 0.3) is 0 Å². The molecule has 4 heteroatoms. The van der Waals surface area contributed by atoms with Crippen molar-refractivity contribution in [2.24, 2.45) is 5.92 Å². The number of pyridine rings is 1. The van der Waals surface area contributed by atoms with Crippen LogP contribution in [0.4, 0.5) is 0 Å². The summed E-state index contributed by atoms with van der Waals surface area (Å²) in [6, 6.07) is 2.37. The van der Waals surface area contributed by atoms with E-state index in [-0.39, 0.29) is 11.6 Å². The molecule has 1 aromatic rings. The molecule has 1 aliphatic carbocycles. The van der Waals surface area contributed by atoms with Crippen molar-refractivity contribution < 1.29 is 4.74 Å². The Labute approximate surface area is 128 Å². The van der Waals surface area contributed by atoms with Crippen LogP contribution >= 0.6 is 0 Å². The van der Waals surface area contributed by atoms with Crippen LogP contribution in [-0.2, 0) is 0 Å². The van der Waals surface area contributed by atoms with E-state index in [1.165, 1.54) is 31.2 Å². The molecule has 1 saturated carbocycles. The number of nitrogens with one attached hydrogen (secondary N) is 1. The molecule has 118 valence electrons. The van der Waals surface area contributed by atoms with Crippen LogP contribution in [0.15, 0.2) is 18.5 Å². The molecule has 3 unspecified atom stereocenters. The molecule has 1 aliphatic rings. The van der Waals surface area contributed by atoms with Gasteiger partial charge in [-0.1, -0.05) is 19.8 Å². The normalized spacial score (nSPS) is 27.6. The van der Waals surface area contributed by atoms with Gasteiger partial charge < -0.3 is 15.0 Å². The van der Waals surface area contributed by atoms with E-state index in [4.69, 9.17) is 4.74 Å². The number of ether oxygens (including phenoxy) is 1. The van der Waals surface area contributed by atoms with Gasteiger partial charge in [0.25, 0.3) is 0 Å². The molecule has 4 nitrogen and oxygen atoms in total. The minimum Gasteiger partial charge on any atom is -0.495 e. The molecule has 0 aliphatic heterocycles. The first-order valence-electron chi connectivity index (χ1n) is 7.87. The fourth-order valence-corrected chi connectivity index (χ4v) is 3.94. The summed E-state index contributed by atoms with van der Waals surface area (Å²) in [4.78, 5) is 6.75. The van der Waals surface area contributed by atoms with Crippen LogP contribution in [0.5, 0.6) is 5.75 Å². The number of nitrogens with zero attached hydrogens (tertiary/aromatic N) is 2. The molecule has 0 amide bonds. The summed E-state index contributed by atoms with van der Waals surface area (Å²) in [7, 11) is 8.15. The molecule has 1 N–H and O–H groups in total. The number of hydrogen-bond acceptors (Lipinski definition) is 4. The van der Waals surface area contributed by atoms with Gasteiger partial charge in [-0.2, -0.15) is 0 Å². The Balaban J connectivity index is 2.39. The average Bonchev–Trinajstić information content (AvgIpc) is 2.48. The third-order valence-electron chi connectivity index (χ3n) is 5.03. The Kier molecular flexibility index (Phi) is 5.22. The van der Waals surface area contributed by atoms with Gasteiger partial charge >= 0.3 is 0 Å². The van der Waals surface area contributed by atoms with Gasteiger partial charge in [0, 0.05) is 11.7 Å². The van der Waals surface area contributed by atoms with Crippen LogP contribution < -0.4 is 10.1 Å². The largest absolute Gasteiger partial charge is 0.495 e. The maximum Gasteiger partial charge on any atom is 0.137 e. The zero-order valence-corrected chi connectivity index (χ0v) is 14.0. The Hall–Kier alpha value is -1.13. The molecule has 1 heterocycles. The zero-order valence-electron chi connectivity index (χ0n) is 14.0. The second kappa shape index (κ2) is 6.75. The van der Waals surface area contributed by atoms with Crippen LogP contribution in [0.3, 0.4) is 0 Å². The molecular formula is C17H29N3O. The maximum atomic E-state index is 5.35. The van der Waals surface area contributed by atoms with E-state index >= 15 is 0 Å². The predicted octanol–water partition coefficient (Wildman–Crippen LogP) is 2.86. The highest BCUT2D eigenvalue weighted by molar-refractivity contribution is 5.29. The standard InChI is InChI=1S/C17H29N3O/c1-13-7-6-8-17(10-13,20(3)4)16(18-2)14-9-15(21-5)12-19-11-14/h9,11-13,16,18H,6-8,10H2,1-5H3. The first-order chi connectivity index (χ1) is 10.0. The van der Waals surface area contributed by atoms with Crippen LogP contribution in [-0.4, -0.2) is 43.7 Å². The highest BCUT2D eigenvalue weighted by Crippen LogP contribution is 2.44. The van der Waals surface area contributed by atoms with Gasteiger partial charge in [0.1, 0.15) is 5.75 Å². The van der Waals surface area contributed by atoms with Gasteiger partial charge in [0.05, 0.1) is 19.3 Å². The lowest BCUT2D eigenvalue weighted by Gasteiger charge is -2.50. The van der Waals surface area contributed by atoms with Crippen molar-refractivity contribution in [3.63, 3.8) is 0 Å². The van der Waals surface area contributed by atoms with E-state index in [1.54, 1.807) is 13.3 Å². The number of methoxy groups -OCH3 is 1. The first-order valence-corrected chi connectivity index (χ1v) is 7.87. The molecule has 0 spiro atoms. The van der Waals surface area contributed by atoms with Crippen LogP contribution in [0, 0.1) is 5.92 Å². The quantitative estimate of drug-likeness (QED) is 0.905. The predicted molar refractivity (Wildman–Crippen MR) is 86.6 cm³/mol. The highest BCUT2D eigenvalue weighted by atomic mass is 16.5. The second-order valence-corrected chi connectivity index (χ2v) is 6.58. The summed E-state index contributed by atoms with van der Waals surface area (Å²) in [5.41, 5.74) is 1.35. The lowest BCUT2D eigenvalue weighted by atomic mass is 9.70. The average molecular weight is 291 g/mol. The summed E-state index contributed by atoms with van der Waals surface area (Å²) in [6.45, 7) is 2.37. The van der Waals surface area contributed by atoms with Crippen molar-refractivity contribution in [3.05, 3.63) is 24.0 Å². The number of hydrogen-bond donors (Lipinski definition) is 1. The second-order valence-electron chi connectivity index (χ2n) is 6.58. The fraction of sp³-hybridized carbons (Fsp3) is 0.706. The molecule has 1 fully saturated rings. The van der Waals surface area contributed by atoms with Gasteiger partial charge in [-0.3, -0.25) is 4.98 Å². The number of aromatic nitrogens is 1. The molecule has 0 radical (unpaired) electrons. The minimum absolute atomic E-state index is 0.139. The molecule has 0 saturated heterocycles. The van der Waals surface area contributed by atoms with Crippen LogP contribution in [0.2, 0.25) is 0 Å². The van der Waals surface area contributed by atoms with E-state index in [0.717, 1.165) is 11.7 Å². The molecule has 2 rings (SSSR count). The molecule has 0 bridgehead atoms. The van der Waals surface area contributed by atoms with Gasteiger partial charge in [-0.25, -0.2) is 0 Å². The molecule has 0 aromatic carbocycles. The number of rotatable bonds is 5. The summed E-state index contributed by atoms with van der Waals surface area (Å²) in [5, 5.41) is 3.54. The van der Waals surface area contributed by atoms with Gasteiger partial charge in [-0.05, 0) is 51.5 Å². The maximum absolute atomic E-state index is 5.35. The van der Waals surface area contributed by atoms with E-state index in [9.17, 15) is 0 Å². The van der Waals surface area contributed by atoms with E-state index < -0.39 is 0 Å². The van der Waals surface area contributed by atoms with Crippen molar-refractivity contribution in [2.45, 2.75) is 44.2 Å². The highest BCUT2D eigenvalue weighted by Gasteiger charge is 2.43. The number of likely N-dealkylation sites (N-methyl/N-ethyl adjacent to an activating group) is 2. The lowest BCUT2D eigenvalue weighted by Crippen LogP contribution is -2.55. The minimum atomic E-state index is 0.139.